The van der Waals surface area contributed by atoms with Crippen LogP contribution in [0, 0.1) is 5.82 Å². The monoisotopic (exact) mass is 460 g/mol. The lowest BCUT2D eigenvalue weighted by molar-refractivity contribution is 0.0474. The van der Waals surface area contributed by atoms with E-state index < -0.39 is 17.8 Å². The van der Waals surface area contributed by atoms with Crippen LogP contribution in [0.15, 0.2) is 48.5 Å². The Morgan fingerprint density at radius 2 is 1.91 bits per heavy atom. The van der Waals surface area contributed by atoms with Gasteiger partial charge in [0.2, 0.25) is 5.91 Å². The van der Waals surface area contributed by atoms with Crippen molar-refractivity contribution in [2.24, 2.45) is 5.73 Å². The molecule has 5 rings (SSSR count). The maximum atomic E-state index is 14.4. The van der Waals surface area contributed by atoms with Gasteiger partial charge in [-0.25, -0.2) is 4.39 Å². The molecule has 1 aliphatic heterocycles. The van der Waals surface area contributed by atoms with E-state index in [1.807, 2.05) is 18.2 Å². The van der Waals surface area contributed by atoms with Crippen molar-refractivity contribution in [3.05, 3.63) is 76.6 Å². The Bertz CT molecular complexity index is 1320. The van der Waals surface area contributed by atoms with Gasteiger partial charge in [0.15, 0.2) is 11.6 Å². The second-order valence-electron chi connectivity index (χ2n) is 8.86. The third-order valence-corrected chi connectivity index (χ3v) is 6.70. The fourth-order valence-corrected chi connectivity index (χ4v) is 4.96. The summed E-state index contributed by atoms with van der Waals surface area (Å²) in [5.41, 5.74) is 11.3. The summed E-state index contributed by atoms with van der Waals surface area (Å²) in [6.45, 7) is 0.939. The molecule has 1 atom stereocenters. The van der Waals surface area contributed by atoms with E-state index in [2.05, 4.69) is 0 Å². The number of fused-ring (bicyclic) bond motifs is 3. The number of carbonyl (C=O) groups is 2. The molecule has 1 saturated heterocycles. The highest BCUT2D eigenvalue weighted by atomic mass is 19.1. The Hall–Kier alpha value is -3.71. The highest BCUT2D eigenvalue weighted by Gasteiger charge is 2.28. The minimum absolute atomic E-state index is 0.126. The summed E-state index contributed by atoms with van der Waals surface area (Å²) < 4.78 is 19.4. The molecule has 34 heavy (non-hydrogen) atoms. The number of carbonyl (C=O) groups excluding carboxylic acids is 2. The fourth-order valence-electron chi connectivity index (χ4n) is 4.96. The number of nitrogens with two attached hydrogens (primary N) is 1. The largest absolute Gasteiger partial charge is 0.494 e. The minimum atomic E-state index is -0.557. The Labute approximate surface area is 196 Å². The predicted molar refractivity (Wildman–Crippen MR) is 126 cm³/mol. The zero-order valence-corrected chi connectivity index (χ0v) is 18.8. The third-order valence-electron chi connectivity index (χ3n) is 6.70. The number of amides is 2. The lowest BCUT2D eigenvalue weighted by Crippen LogP contribution is -2.42. The molecule has 0 saturated carbocycles. The zero-order chi connectivity index (χ0) is 24.0. The van der Waals surface area contributed by atoms with Crippen LogP contribution in [0.4, 0.5) is 4.39 Å². The summed E-state index contributed by atoms with van der Waals surface area (Å²) in [7, 11) is 1.40. The molecule has 1 heterocycles. The molecule has 0 bridgehead atoms. The second-order valence-corrected chi connectivity index (χ2v) is 8.86. The average molecular weight is 461 g/mol. The van der Waals surface area contributed by atoms with Crippen LogP contribution in [0.3, 0.4) is 0 Å². The van der Waals surface area contributed by atoms with Crippen LogP contribution < -0.4 is 10.5 Å². The fraction of sp³-hybridized carbons (Fsp3) is 0.259. The number of methoxy groups -OCH3 is 1. The zero-order valence-electron chi connectivity index (χ0n) is 18.8. The first-order valence-electron chi connectivity index (χ1n) is 11.3. The van der Waals surface area contributed by atoms with Crippen LogP contribution in [0.5, 0.6) is 5.75 Å². The molecule has 3 aromatic rings. The quantitative estimate of drug-likeness (QED) is 0.485. The molecule has 174 valence electrons. The second kappa shape index (κ2) is 8.57. The normalized spacial score (nSPS) is 16.7. The highest BCUT2D eigenvalue weighted by molar-refractivity contribution is 6.01. The number of rotatable bonds is 4. The van der Waals surface area contributed by atoms with Crippen molar-refractivity contribution in [2.45, 2.75) is 25.4 Å². The van der Waals surface area contributed by atoms with Gasteiger partial charge in [-0.3, -0.25) is 9.59 Å². The van der Waals surface area contributed by atoms with Gasteiger partial charge >= 0.3 is 0 Å². The SMILES string of the molecule is COc1ccc(-c2cc(C(N)=O)c3c(c2)-c2cc(C(=O)N4CCC[C@H](O)C4)ccc2C3)cc1F. The number of nitrogens with zero attached hydrogens (tertiary/aromatic N) is 1. The van der Waals surface area contributed by atoms with Gasteiger partial charge in [-0.15, -0.1) is 0 Å². The van der Waals surface area contributed by atoms with E-state index in [-0.39, 0.29) is 11.7 Å². The minimum Gasteiger partial charge on any atom is -0.494 e. The number of halogens is 1. The number of piperidine rings is 1. The van der Waals surface area contributed by atoms with Crippen LogP contribution >= 0.6 is 0 Å². The van der Waals surface area contributed by atoms with Gasteiger partial charge in [-0.05, 0) is 89.0 Å². The lowest BCUT2D eigenvalue weighted by Gasteiger charge is -2.30. The lowest BCUT2D eigenvalue weighted by atomic mass is 9.93. The van der Waals surface area contributed by atoms with E-state index in [0.717, 1.165) is 28.7 Å². The van der Waals surface area contributed by atoms with Crippen molar-refractivity contribution >= 4 is 11.8 Å². The number of hydrogen-bond acceptors (Lipinski definition) is 4. The predicted octanol–water partition coefficient (Wildman–Crippen LogP) is 3.77. The van der Waals surface area contributed by atoms with Gasteiger partial charge in [-0.2, -0.15) is 0 Å². The third kappa shape index (κ3) is 3.82. The Balaban J connectivity index is 1.58. The molecule has 1 fully saturated rings. The maximum absolute atomic E-state index is 14.4. The van der Waals surface area contributed by atoms with E-state index in [4.69, 9.17) is 10.5 Å². The van der Waals surface area contributed by atoms with Crippen LogP contribution in [0.2, 0.25) is 0 Å². The topological polar surface area (TPSA) is 92.9 Å². The highest BCUT2D eigenvalue weighted by Crippen LogP contribution is 2.42. The maximum Gasteiger partial charge on any atom is 0.253 e. The summed E-state index contributed by atoms with van der Waals surface area (Å²) >= 11 is 0. The standard InChI is InChI=1S/C27H25FN2O4/c1-34-25-7-6-15(13-24(25)28)18-11-21-20-10-17(27(33)30-8-2-3-19(31)14-30)5-4-16(20)9-22(21)23(12-18)26(29)32/h4-7,10-13,19,31H,2-3,8-9,14H2,1H3,(H2,29,32)/t19-/m0/s1. The van der Waals surface area contributed by atoms with E-state index in [1.165, 1.54) is 13.2 Å². The van der Waals surface area contributed by atoms with Crippen molar-refractivity contribution in [3.8, 4) is 28.0 Å². The molecule has 0 spiro atoms. The first-order valence-corrected chi connectivity index (χ1v) is 11.3. The number of primary amides is 1. The number of benzene rings is 3. The molecule has 3 aromatic carbocycles. The Morgan fingerprint density at radius 3 is 2.62 bits per heavy atom. The number of hydrogen-bond donors (Lipinski definition) is 2. The summed E-state index contributed by atoms with van der Waals surface area (Å²) in [4.78, 5) is 27.1. The van der Waals surface area contributed by atoms with Crippen molar-refractivity contribution < 1.29 is 23.8 Å². The van der Waals surface area contributed by atoms with E-state index in [9.17, 15) is 19.1 Å². The van der Waals surface area contributed by atoms with Crippen molar-refractivity contribution in [3.63, 3.8) is 0 Å². The molecule has 2 aliphatic rings. The summed E-state index contributed by atoms with van der Waals surface area (Å²) in [5.74, 6) is -1.05. The molecular weight excluding hydrogens is 435 g/mol. The first-order chi connectivity index (χ1) is 16.4. The Kier molecular flexibility index (Phi) is 5.57. The van der Waals surface area contributed by atoms with Gasteiger partial charge in [0, 0.05) is 24.2 Å². The van der Waals surface area contributed by atoms with Gasteiger partial charge in [0.1, 0.15) is 0 Å². The molecule has 3 N–H and O–H groups in total. The van der Waals surface area contributed by atoms with Crippen molar-refractivity contribution in [2.75, 3.05) is 20.2 Å². The van der Waals surface area contributed by atoms with E-state index >= 15 is 0 Å². The van der Waals surface area contributed by atoms with Crippen LogP contribution in [0.1, 0.15) is 44.7 Å². The molecular formula is C27H25FN2O4. The van der Waals surface area contributed by atoms with Gasteiger partial charge in [0.05, 0.1) is 13.2 Å². The summed E-state index contributed by atoms with van der Waals surface area (Å²) in [6, 6.07) is 13.8. The summed E-state index contributed by atoms with van der Waals surface area (Å²) in [6.07, 6.45) is 1.49. The van der Waals surface area contributed by atoms with E-state index in [0.29, 0.717) is 48.2 Å². The average Bonchev–Trinajstić information content (AvgIpc) is 3.20. The van der Waals surface area contributed by atoms with Gasteiger partial charge in [0.25, 0.3) is 5.91 Å². The van der Waals surface area contributed by atoms with Crippen molar-refractivity contribution in [1.82, 2.24) is 4.90 Å². The van der Waals surface area contributed by atoms with E-state index in [1.54, 1.807) is 29.2 Å². The van der Waals surface area contributed by atoms with Crippen LogP contribution in [0.25, 0.3) is 22.3 Å². The summed E-state index contributed by atoms with van der Waals surface area (Å²) in [5, 5.41) is 9.96. The molecule has 1 aliphatic carbocycles. The number of aliphatic hydroxyl groups is 1. The molecule has 7 heteroatoms. The smallest absolute Gasteiger partial charge is 0.253 e. The van der Waals surface area contributed by atoms with Gasteiger partial charge < -0.3 is 20.5 Å². The molecule has 0 radical (unpaired) electrons. The van der Waals surface area contributed by atoms with Gasteiger partial charge in [-0.1, -0.05) is 12.1 Å². The number of aliphatic hydroxyl groups excluding tert-OH is 1. The molecule has 0 unspecified atom stereocenters. The number of likely N-dealkylation sites (tertiary alicyclic amines) is 1. The molecule has 2 amide bonds. The number of ether oxygens (including phenoxy) is 1. The first kappa shape index (κ1) is 22.1. The van der Waals surface area contributed by atoms with Crippen LogP contribution in [-0.4, -0.2) is 48.1 Å². The van der Waals surface area contributed by atoms with Crippen molar-refractivity contribution in [1.29, 1.82) is 0 Å². The molecule has 0 aromatic heterocycles. The Morgan fingerprint density at radius 1 is 1.09 bits per heavy atom. The molecule has 6 nitrogen and oxygen atoms in total. The van der Waals surface area contributed by atoms with Crippen LogP contribution in [-0.2, 0) is 6.42 Å². The number of β-amino-alcohol motifs (C(OH)–C–C–N with tert-alkyl or cyclic N) is 1.